The number of nitrogens with one attached hydrogen (secondary N) is 2. The summed E-state index contributed by atoms with van der Waals surface area (Å²) in [7, 11) is 0. The first kappa shape index (κ1) is 30.4. The Hall–Kier alpha value is -3.54. The summed E-state index contributed by atoms with van der Waals surface area (Å²) in [6, 6.07) is 20.5. The summed E-state index contributed by atoms with van der Waals surface area (Å²) < 4.78 is 10.9. The van der Waals surface area contributed by atoms with Crippen LogP contribution < -0.4 is 10.6 Å². The topological polar surface area (TPSA) is 76.7 Å². The molecule has 0 spiro atoms. The van der Waals surface area contributed by atoms with E-state index in [2.05, 4.69) is 10.6 Å². The van der Waals surface area contributed by atoms with Gasteiger partial charge in [0.2, 0.25) is 0 Å². The predicted molar refractivity (Wildman–Crippen MR) is 165 cm³/mol. The molecule has 2 N–H and O–H groups in total. The zero-order valence-corrected chi connectivity index (χ0v) is 24.6. The van der Waals surface area contributed by atoms with Gasteiger partial charge in [0.15, 0.2) is 0 Å². The molecule has 2 fully saturated rings. The summed E-state index contributed by atoms with van der Waals surface area (Å²) in [6.07, 6.45) is 13.4. The van der Waals surface area contributed by atoms with E-state index in [9.17, 15) is 9.59 Å². The summed E-state index contributed by atoms with van der Waals surface area (Å²) in [5.74, 6) is 1.44. The minimum atomic E-state index is -0.319. The largest absolute Gasteiger partial charge is 0.445 e. The second-order valence-corrected chi connectivity index (χ2v) is 11.9. The van der Waals surface area contributed by atoms with E-state index in [1.165, 1.54) is 6.42 Å². The molecular weight excluding hydrogens is 512 g/mol. The molecule has 2 aromatic rings. The third-order valence-electron chi connectivity index (χ3n) is 8.29. The highest BCUT2D eigenvalue weighted by Crippen LogP contribution is 2.35. The monoisotopic (exact) mass is 558 g/mol. The van der Waals surface area contributed by atoms with E-state index < -0.39 is 0 Å². The number of alkyl carbamates (subject to hydrolysis) is 2. The number of hydrogen-bond donors (Lipinski definition) is 2. The lowest BCUT2D eigenvalue weighted by atomic mass is 9.76. The molecule has 0 atom stereocenters. The summed E-state index contributed by atoms with van der Waals surface area (Å²) >= 11 is 0. The molecule has 2 amide bonds. The maximum atomic E-state index is 12.3. The van der Waals surface area contributed by atoms with Gasteiger partial charge in [-0.3, -0.25) is 0 Å². The Labute approximate surface area is 245 Å². The first-order valence-corrected chi connectivity index (χ1v) is 15.2. The van der Waals surface area contributed by atoms with Crippen molar-refractivity contribution in [2.75, 3.05) is 13.2 Å². The fourth-order valence-corrected chi connectivity index (χ4v) is 6.08. The third-order valence-corrected chi connectivity index (χ3v) is 8.29. The lowest BCUT2D eigenvalue weighted by Gasteiger charge is -2.34. The van der Waals surface area contributed by atoms with Gasteiger partial charge in [0.05, 0.1) is 0 Å². The molecule has 0 unspecified atom stereocenters. The fraction of sp³-hybridized carbons (Fsp3) is 0.486. The summed E-state index contributed by atoms with van der Waals surface area (Å²) in [6.45, 7) is 4.56. The van der Waals surface area contributed by atoms with Crippen molar-refractivity contribution < 1.29 is 19.1 Å². The standard InChI is InChI=1S/C35H46N2O4/c1-26(21-28-9-5-3-6-10-28)24-40-34(38)36-32-17-13-30(14-18-32)23-31-15-19-33(20-16-31)37-35(39)41-25-27(2)22-29-11-7-4-8-12-29/h3-12,21-22,30-33H,13-20,23-25H2,1-2H3,(H,36,38)(H,37,39)/b26-21+,27-22+. The van der Waals surface area contributed by atoms with Crippen molar-refractivity contribution in [1.29, 1.82) is 0 Å². The molecule has 6 heteroatoms. The van der Waals surface area contributed by atoms with Crippen LogP contribution in [0.1, 0.15) is 82.8 Å². The van der Waals surface area contributed by atoms with Gasteiger partial charge >= 0.3 is 12.2 Å². The van der Waals surface area contributed by atoms with E-state index >= 15 is 0 Å². The molecular formula is C35H46N2O4. The van der Waals surface area contributed by atoms with Crippen LogP contribution in [-0.4, -0.2) is 37.5 Å². The molecule has 2 aliphatic carbocycles. The summed E-state index contributed by atoms with van der Waals surface area (Å²) in [4.78, 5) is 24.6. The van der Waals surface area contributed by atoms with Gasteiger partial charge in [-0.2, -0.15) is 0 Å². The van der Waals surface area contributed by atoms with Crippen LogP contribution in [-0.2, 0) is 9.47 Å². The second kappa shape index (κ2) is 16.0. The highest BCUT2D eigenvalue weighted by atomic mass is 16.6. The Morgan fingerprint density at radius 2 is 1.00 bits per heavy atom. The first-order valence-electron chi connectivity index (χ1n) is 15.2. The Bertz CT molecular complexity index is 1050. The molecule has 0 saturated heterocycles. The highest BCUT2D eigenvalue weighted by molar-refractivity contribution is 5.68. The number of rotatable bonds is 10. The van der Waals surface area contributed by atoms with Crippen LogP contribution in [0.3, 0.4) is 0 Å². The molecule has 2 aliphatic rings. The molecule has 6 nitrogen and oxygen atoms in total. The van der Waals surface area contributed by atoms with E-state index in [0.29, 0.717) is 13.2 Å². The van der Waals surface area contributed by atoms with Crippen molar-refractivity contribution in [3.05, 3.63) is 82.9 Å². The van der Waals surface area contributed by atoms with Crippen molar-refractivity contribution in [2.24, 2.45) is 11.8 Å². The molecule has 220 valence electrons. The Morgan fingerprint density at radius 1 is 0.634 bits per heavy atom. The van der Waals surface area contributed by atoms with Crippen LogP contribution in [0.15, 0.2) is 71.8 Å². The van der Waals surface area contributed by atoms with Crippen molar-refractivity contribution in [3.63, 3.8) is 0 Å². The maximum absolute atomic E-state index is 12.3. The molecule has 0 bridgehead atoms. The molecule has 0 aliphatic heterocycles. The van der Waals surface area contributed by atoms with Crippen LogP contribution in [0.4, 0.5) is 9.59 Å². The van der Waals surface area contributed by atoms with Gasteiger partial charge in [-0.25, -0.2) is 9.59 Å². The number of benzene rings is 2. The van der Waals surface area contributed by atoms with Gasteiger partial charge in [-0.05, 0) is 106 Å². The van der Waals surface area contributed by atoms with Crippen LogP contribution >= 0.6 is 0 Å². The smallest absolute Gasteiger partial charge is 0.407 e. The van der Waals surface area contributed by atoms with Crippen LogP contribution in [0, 0.1) is 11.8 Å². The average molecular weight is 559 g/mol. The molecule has 2 aromatic carbocycles. The van der Waals surface area contributed by atoms with Gasteiger partial charge in [0, 0.05) is 12.1 Å². The molecule has 0 radical (unpaired) electrons. The lowest BCUT2D eigenvalue weighted by Crippen LogP contribution is -2.39. The first-order chi connectivity index (χ1) is 19.9. The molecule has 4 rings (SSSR count). The van der Waals surface area contributed by atoms with Crippen molar-refractivity contribution >= 4 is 24.3 Å². The normalized spacial score (nSPS) is 23.4. The Balaban J connectivity index is 1.06. The molecule has 0 aromatic heterocycles. The summed E-state index contributed by atoms with van der Waals surface area (Å²) in [5.41, 5.74) is 4.25. The van der Waals surface area contributed by atoms with Gasteiger partial charge in [0.1, 0.15) is 13.2 Å². The maximum Gasteiger partial charge on any atom is 0.407 e. The number of ether oxygens (including phenoxy) is 2. The van der Waals surface area contributed by atoms with E-state index in [4.69, 9.17) is 9.47 Å². The minimum absolute atomic E-state index is 0.203. The number of carbonyl (C=O) groups is 2. The van der Waals surface area contributed by atoms with E-state index in [0.717, 1.165) is 85.5 Å². The van der Waals surface area contributed by atoms with Gasteiger partial charge in [0.25, 0.3) is 0 Å². The van der Waals surface area contributed by atoms with Crippen molar-refractivity contribution in [3.8, 4) is 0 Å². The zero-order chi connectivity index (χ0) is 28.9. The van der Waals surface area contributed by atoms with Gasteiger partial charge < -0.3 is 20.1 Å². The molecule has 41 heavy (non-hydrogen) atoms. The van der Waals surface area contributed by atoms with Crippen LogP contribution in [0.5, 0.6) is 0 Å². The van der Waals surface area contributed by atoms with Crippen LogP contribution in [0.2, 0.25) is 0 Å². The Morgan fingerprint density at radius 3 is 1.37 bits per heavy atom. The molecule has 0 heterocycles. The van der Waals surface area contributed by atoms with E-state index in [1.807, 2.05) is 86.7 Å². The number of hydrogen-bond acceptors (Lipinski definition) is 4. The zero-order valence-electron chi connectivity index (χ0n) is 24.6. The van der Waals surface area contributed by atoms with Crippen molar-refractivity contribution in [1.82, 2.24) is 10.6 Å². The van der Waals surface area contributed by atoms with Crippen molar-refractivity contribution in [2.45, 2.75) is 83.7 Å². The molecule has 2 saturated carbocycles. The number of carbonyl (C=O) groups excluding carboxylic acids is 2. The lowest BCUT2D eigenvalue weighted by molar-refractivity contribution is 0.141. The third kappa shape index (κ3) is 11.1. The predicted octanol–water partition coefficient (Wildman–Crippen LogP) is 8.15. The summed E-state index contributed by atoms with van der Waals surface area (Å²) in [5, 5.41) is 6.14. The van der Waals surface area contributed by atoms with Gasteiger partial charge in [-0.15, -0.1) is 0 Å². The van der Waals surface area contributed by atoms with Crippen LogP contribution in [0.25, 0.3) is 12.2 Å². The van der Waals surface area contributed by atoms with E-state index in [-0.39, 0.29) is 24.3 Å². The minimum Gasteiger partial charge on any atom is -0.445 e. The van der Waals surface area contributed by atoms with Gasteiger partial charge in [-0.1, -0.05) is 72.8 Å². The SMILES string of the molecule is C/C(=C\c1ccccc1)COC(=O)NC1CCC(CC2CCC(NC(=O)OC/C(C)=C/c3ccccc3)CC2)CC1. The average Bonchev–Trinajstić information content (AvgIpc) is 2.98. The highest BCUT2D eigenvalue weighted by Gasteiger charge is 2.28. The van der Waals surface area contributed by atoms with E-state index in [1.54, 1.807) is 0 Å². The number of amides is 2. The second-order valence-electron chi connectivity index (χ2n) is 11.9. The Kier molecular flexibility index (Phi) is 11.9. The fourth-order valence-electron chi connectivity index (χ4n) is 6.08. The quantitative estimate of drug-likeness (QED) is 0.308.